The average molecular weight is 414 g/mol. The van der Waals surface area contributed by atoms with E-state index in [2.05, 4.69) is 33.0 Å². The molecule has 0 aliphatic carbocycles. The van der Waals surface area contributed by atoms with Crippen LogP contribution in [0, 0.1) is 0 Å². The van der Waals surface area contributed by atoms with Gasteiger partial charge in [-0.05, 0) is 35.7 Å². The summed E-state index contributed by atoms with van der Waals surface area (Å²) in [5.41, 5.74) is 1.04. The molecule has 4 aromatic rings. The topological polar surface area (TPSA) is 39.9 Å². The van der Waals surface area contributed by atoms with Crippen LogP contribution in [0.4, 0.5) is 0 Å². The third-order valence-corrected chi connectivity index (χ3v) is 5.87. The average Bonchev–Trinajstić information content (AvgIpc) is 3.37. The molecule has 0 fully saturated rings. The molecule has 0 saturated carbocycles. The smallest absolute Gasteiger partial charge is 0.196 e. The van der Waals surface area contributed by atoms with Crippen molar-refractivity contribution in [2.24, 2.45) is 0 Å². The summed E-state index contributed by atoms with van der Waals surface area (Å²) in [5.74, 6) is 2.29. The van der Waals surface area contributed by atoms with Gasteiger partial charge in [-0.3, -0.25) is 4.57 Å². The lowest BCUT2D eigenvalue weighted by Gasteiger charge is -2.10. The number of para-hydroxylation sites is 2. The van der Waals surface area contributed by atoms with Gasteiger partial charge in [0.2, 0.25) is 0 Å². The summed E-state index contributed by atoms with van der Waals surface area (Å²) in [6.07, 6.45) is 0. The molecule has 4 nitrogen and oxygen atoms in total. The van der Waals surface area contributed by atoms with Crippen LogP contribution >= 0.6 is 34.7 Å². The van der Waals surface area contributed by atoms with Gasteiger partial charge in [0, 0.05) is 11.4 Å². The van der Waals surface area contributed by atoms with Crippen molar-refractivity contribution in [2.45, 2.75) is 5.16 Å². The molecule has 27 heavy (non-hydrogen) atoms. The summed E-state index contributed by atoms with van der Waals surface area (Å²) in [4.78, 5) is 1.09. The molecule has 2 heterocycles. The maximum Gasteiger partial charge on any atom is 0.196 e. The predicted molar refractivity (Wildman–Crippen MR) is 112 cm³/mol. The molecule has 2 aromatic heterocycles. The van der Waals surface area contributed by atoms with Crippen molar-refractivity contribution in [1.29, 1.82) is 0 Å². The predicted octanol–water partition coefficient (Wildman–Crippen LogP) is 5.82. The van der Waals surface area contributed by atoms with E-state index in [0.29, 0.717) is 17.4 Å². The number of halogens is 1. The molecular weight excluding hydrogens is 398 g/mol. The van der Waals surface area contributed by atoms with Gasteiger partial charge in [-0.1, -0.05) is 59.8 Å². The van der Waals surface area contributed by atoms with Gasteiger partial charge in [-0.15, -0.1) is 21.5 Å². The highest BCUT2D eigenvalue weighted by molar-refractivity contribution is 7.99. The Morgan fingerprint density at radius 1 is 0.963 bits per heavy atom. The second kappa shape index (κ2) is 8.61. The zero-order chi connectivity index (χ0) is 18.5. The van der Waals surface area contributed by atoms with Crippen molar-refractivity contribution in [2.75, 3.05) is 12.4 Å². The van der Waals surface area contributed by atoms with Gasteiger partial charge in [0.25, 0.3) is 0 Å². The van der Waals surface area contributed by atoms with E-state index < -0.39 is 0 Å². The fourth-order valence-corrected chi connectivity index (χ4v) is 4.24. The number of rotatable bonds is 7. The van der Waals surface area contributed by atoms with E-state index in [9.17, 15) is 0 Å². The standard InChI is InChI=1S/C20H16ClN3OS2/c21-16-9-4-5-10-17(16)25-12-14-27-20-23-22-19(18-11-6-13-26-18)24(20)15-7-2-1-3-8-15/h1-11,13H,12,14H2. The van der Waals surface area contributed by atoms with E-state index in [1.54, 1.807) is 23.1 Å². The molecule has 0 bridgehead atoms. The number of ether oxygens (including phenoxy) is 1. The number of hydrogen-bond donors (Lipinski definition) is 0. The van der Waals surface area contributed by atoms with Gasteiger partial charge in [-0.2, -0.15) is 0 Å². The van der Waals surface area contributed by atoms with Crippen LogP contribution in [0.25, 0.3) is 16.4 Å². The van der Waals surface area contributed by atoms with E-state index in [4.69, 9.17) is 16.3 Å². The Hall–Kier alpha value is -2.28. The highest BCUT2D eigenvalue weighted by Gasteiger charge is 2.16. The third-order valence-electron chi connectivity index (χ3n) is 3.80. The second-order valence-electron chi connectivity index (χ2n) is 5.58. The first kappa shape index (κ1) is 18.1. The molecule has 2 aromatic carbocycles. The highest BCUT2D eigenvalue weighted by atomic mass is 35.5. The molecule has 136 valence electrons. The SMILES string of the molecule is Clc1ccccc1OCCSc1nnc(-c2cccs2)n1-c1ccccc1. The molecular formula is C20H16ClN3OS2. The van der Waals surface area contributed by atoms with Crippen molar-refractivity contribution in [3.05, 3.63) is 77.1 Å². The third kappa shape index (κ3) is 4.18. The lowest BCUT2D eigenvalue weighted by atomic mass is 10.3. The van der Waals surface area contributed by atoms with Crippen LogP contribution in [0.3, 0.4) is 0 Å². The Morgan fingerprint density at radius 3 is 2.56 bits per heavy atom. The van der Waals surface area contributed by atoms with Crippen LogP contribution in [0.15, 0.2) is 77.3 Å². The Kier molecular flexibility index (Phi) is 5.77. The highest BCUT2D eigenvalue weighted by Crippen LogP contribution is 2.30. The normalized spacial score (nSPS) is 10.9. The minimum absolute atomic E-state index is 0.532. The van der Waals surface area contributed by atoms with Crippen LogP contribution in [-0.4, -0.2) is 27.1 Å². The minimum atomic E-state index is 0.532. The maximum absolute atomic E-state index is 6.13. The first-order valence-corrected chi connectivity index (χ1v) is 10.6. The molecule has 0 spiro atoms. The Bertz CT molecular complexity index is 1000. The van der Waals surface area contributed by atoms with Crippen LogP contribution < -0.4 is 4.74 Å². The number of nitrogens with zero attached hydrogens (tertiary/aromatic N) is 3. The molecule has 0 aliphatic rings. The number of thioether (sulfide) groups is 1. The molecule has 0 aliphatic heterocycles. The zero-order valence-corrected chi connectivity index (χ0v) is 16.7. The maximum atomic E-state index is 6.13. The first-order chi connectivity index (χ1) is 13.3. The molecule has 4 rings (SSSR count). The Balaban J connectivity index is 1.52. The molecule has 7 heteroatoms. The van der Waals surface area contributed by atoms with E-state index in [1.807, 2.05) is 53.9 Å². The van der Waals surface area contributed by atoms with Crippen LogP contribution in [0.5, 0.6) is 5.75 Å². The van der Waals surface area contributed by atoms with Crippen molar-refractivity contribution in [3.8, 4) is 22.1 Å². The van der Waals surface area contributed by atoms with Gasteiger partial charge in [0.15, 0.2) is 11.0 Å². The quantitative estimate of drug-likeness (QED) is 0.282. The summed E-state index contributed by atoms with van der Waals surface area (Å²) in [7, 11) is 0. The summed E-state index contributed by atoms with van der Waals surface area (Å²) in [6.45, 7) is 0.532. The Morgan fingerprint density at radius 2 is 1.78 bits per heavy atom. The zero-order valence-electron chi connectivity index (χ0n) is 14.3. The summed E-state index contributed by atoms with van der Waals surface area (Å²) >= 11 is 9.39. The van der Waals surface area contributed by atoms with E-state index >= 15 is 0 Å². The van der Waals surface area contributed by atoms with Gasteiger partial charge in [-0.25, -0.2) is 0 Å². The van der Waals surface area contributed by atoms with Crippen LogP contribution in [-0.2, 0) is 0 Å². The van der Waals surface area contributed by atoms with Crippen LogP contribution in [0.1, 0.15) is 0 Å². The Labute approximate surface area is 170 Å². The summed E-state index contributed by atoms with van der Waals surface area (Å²) < 4.78 is 7.86. The lowest BCUT2D eigenvalue weighted by Crippen LogP contribution is -2.03. The number of benzene rings is 2. The van der Waals surface area contributed by atoms with Gasteiger partial charge in [0.05, 0.1) is 16.5 Å². The molecule has 0 atom stereocenters. The van der Waals surface area contributed by atoms with Crippen molar-refractivity contribution in [1.82, 2.24) is 14.8 Å². The van der Waals surface area contributed by atoms with Crippen molar-refractivity contribution >= 4 is 34.7 Å². The number of thiophene rings is 1. The van der Waals surface area contributed by atoms with Crippen molar-refractivity contribution < 1.29 is 4.74 Å². The first-order valence-electron chi connectivity index (χ1n) is 8.38. The molecule has 0 unspecified atom stereocenters. The molecule has 0 N–H and O–H groups in total. The summed E-state index contributed by atoms with van der Waals surface area (Å²) in [6, 6.07) is 21.7. The molecule has 0 radical (unpaired) electrons. The minimum Gasteiger partial charge on any atom is -0.491 e. The molecule has 0 amide bonds. The number of aromatic nitrogens is 3. The van der Waals surface area contributed by atoms with E-state index in [-0.39, 0.29) is 0 Å². The van der Waals surface area contributed by atoms with E-state index in [1.165, 1.54) is 0 Å². The lowest BCUT2D eigenvalue weighted by molar-refractivity contribution is 0.344. The second-order valence-corrected chi connectivity index (χ2v) is 8.00. The van der Waals surface area contributed by atoms with Gasteiger partial charge < -0.3 is 4.74 Å². The fraction of sp³-hybridized carbons (Fsp3) is 0.100. The molecule has 0 saturated heterocycles. The van der Waals surface area contributed by atoms with Gasteiger partial charge in [0.1, 0.15) is 5.75 Å². The van der Waals surface area contributed by atoms with Crippen molar-refractivity contribution in [3.63, 3.8) is 0 Å². The van der Waals surface area contributed by atoms with Gasteiger partial charge >= 0.3 is 0 Å². The van der Waals surface area contributed by atoms with Crippen LogP contribution in [0.2, 0.25) is 5.02 Å². The summed E-state index contributed by atoms with van der Waals surface area (Å²) in [5, 5.41) is 12.3. The fourth-order valence-electron chi connectivity index (χ4n) is 2.59. The van der Waals surface area contributed by atoms with E-state index in [0.717, 1.165) is 27.3 Å². The largest absolute Gasteiger partial charge is 0.491 e. The number of hydrogen-bond acceptors (Lipinski definition) is 5. The monoisotopic (exact) mass is 413 g/mol.